The van der Waals surface area contributed by atoms with Crippen LogP contribution in [0.5, 0.6) is 0 Å². The van der Waals surface area contributed by atoms with E-state index in [4.69, 9.17) is 0 Å². The van der Waals surface area contributed by atoms with Crippen molar-refractivity contribution in [2.45, 2.75) is 52.1 Å². The summed E-state index contributed by atoms with van der Waals surface area (Å²) in [6.07, 6.45) is 9.78. The number of likely N-dealkylation sites (tertiary alicyclic amines) is 1. The largest absolute Gasteiger partial charge is 0.357 e. The van der Waals surface area contributed by atoms with Crippen LogP contribution in [0.15, 0.2) is 36.8 Å². The van der Waals surface area contributed by atoms with Gasteiger partial charge in [0, 0.05) is 50.8 Å². The minimum atomic E-state index is 0.105. The van der Waals surface area contributed by atoms with Crippen LogP contribution in [0.25, 0.3) is 0 Å². The third kappa shape index (κ3) is 4.23. The van der Waals surface area contributed by atoms with Crippen LogP contribution in [-0.4, -0.2) is 51.2 Å². The average Bonchev–Trinajstić information content (AvgIpc) is 3.21. The molecule has 0 N–H and O–H groups in total. The first-order valence-corrected chi connectivity index (χ1v) is 9.72. The van der Waals surface area contributed by atoms with Crippen molar-refractivity contribution in [2.24, 2.45) is 0 Å². The van der Waals surface area contributed by atoms with Gasteiger partial charge >= 0.3 is 0 Å². The van der Waals surface area contributed by atoms with Gasteiger partial charge in [0.1, 0.15) is 5.82 Å². The molecule has 0 radical (unpaired) electrons. The molecule has 2 aromatic rings. The average molecular weight is 355 g/mol. The van der Waals surface area contributed by atoms with Gasteiger partial charge in [-0.25, -0.2) is 4.98 Å². The topological polar surface area (TPSA) is 54.3 Å². The van der Waals surface area contributed by atoms with Gasteiger partial charge in [-0.1, -0.05) is 0 Å². The minimum Gasteiger partial charge on any atom is -0.357 e. The molecule has 1 atom stereocenters. The molecule has 1 aliphatic rings. The number of carbonyl (C=O) groups excluding carboxylic acids is 1. The maximum absolute atomic E-state index is 13.0. The molecule has 1 aliphatic heterocycles. The molecule has 0 aromatic carbocycles. The van der Waals surface area contributed by atoms with Crippen molar-refractivity contribution in [1.82, 2.24) is 19.7 Å². The number of hydrogen-bond acceptors (Lipinski definition) is 4. The Morgan fingerprint density at radius 3 is 2.77 bits per heavy atom. The molecule has 3 rings (SSSR count). The number of carbonyl (C=O) groups is 1. The molecule has 0 unspecified atom stereocenters. The van der Waals surface area contributed by atoms with Crippen molar-refractivity contribution in [2.75, 3.05) is 24.5 Å². The first-order valence-electron chi connectivity index (χ1n) is 9.72. The Kier molecular flexibility index (Phi) is 6.26. The van der Waals surface area contributed by atoms with Crippen molar-refractivity contribution < 1.29 is 4.79 Å². The normalized spacial score (nSPS) is 17.3. The van der Waals surface area contributed by atoms with Gasteiger partial charge in [-0.3, -0.25) is 9.48 Å². The number of pyridine rings is 1. The molecule has 6 heteroatoms. The van der Waals surface area contributed by atoms with E-state index in [1.807, 2.05) is 34.0 Å². The second kappa shape index (κ2) is 8.83. The molecule has 1 fully saturated rings. The molecular weight excluding hydrogens is 326 g/mol. The van der Waals surface area contributed by atoms with E-state index in [1.165, 1.54) is 6.42 Å². The highest BCUT2D eigenvalue weighted by Gasteiger charge is 2.27. The first kappa shape index (κ1) is 18.4. The van der Waals surface area contributed by atoms with Gasteiger partial charge in [0.25, 0.3) is 5.91 Å². The van der Waals surface area contributed by atoms with Crippen LogP contribution in [0, 0.1) is 0 Å². The van der Waals surface area contributed by atoms with E-state index in [2.05, 4.69) is 28.8 Å². The Balaban J connectivity index is 1.67. The van der Waals surface area contributed by atoms with Crippen LogP contribution < -0.4 is 4.90 Å². The Labute approximate surface area is 155 Å². The van der Waals surface area contributed by atoms with Crippen molar-refractivity contribution in [3.05, 3.63) is 42.4 Å². The molecule has 26 heavy (non-hydrogen) atoms. The molecule has 0 bridgehead atoms. The Morgan fingerprint density at radius 1 is 1.27 bits per heavy atom. The minimum absolute atomic E-state index is 0.105. The number of amides is 1. The zero-order valence-corrected chi connectivity index (χ0v) is 15.8. The highest BCUT2D eigenvalue weighted by molar-refractivity contribution is 5.94. The number of aromatic nitrogens is 3. The third-order valence-electron chi connectivity index (χ3n) is 5.22. The summed E-state index contributed by atoms with van der Waals surface area (Å²) in [5.74, 6) is 1.04. The van der Waals surface area contributed by atoms with E-state index in [0.29, 0.717) is 5.56 Å². The maximum atomic E-state index is 13.0. The molecule has 2 aromatic heterocycles. The summed E-state index contributed by atoms with van der Waals surface area (Å²) in [7, 11) is 0. The van der Waals surface area contributed by atoms with Gasteiger partial charge < -0.3 is 9.80 Å². The summed E-state index contributed by atoms with van der Waals surface area (Å²) in [6.45, 7) is 7.74. The van der Waals surface area contributed by atoms with E-state index in [0.717, 1.165) is 51.3 Å². The van der Waals surface area contributed by atoms with Crippen LogP contribution in [0.2, 0.25) is 0 Å². The van der Waals surface area contributed by atoms with Crippen molar-refractivity contribution in [1.29, 1.82) is 0 Å². The lowest BCUT2D eigenvalue weighted by atomic mass is 9.98. The lowest BCUT2D eigenvalue weighted by molar-refractivity contribution is 0.0593. The Bertz CT molecular complexity index is 679. The van der Waals surface area contributed by atoms with Gasteiger partial charge in [-0.15, -0.1) is 0 Å². The summed E-state index contributed by atoms with van der Waals surface area (Å²) >= 11 is 0. The summed E-state index contributed by atoms with van der Waals surface area (Å²) in [5.41, 5.74) is 0.687. The second-order valence-corrected chi connectivity index (χ2v) is 6.78. The van der Waals surface area contributed by atoms with Crippen LogP contribution in [0.4, 0.5) is 5.82 Å². The van der Waals surface area contributed by atoms with Crippen molar-refractivity contribution >= 4 is 11.7 Å². The van der Waals surface area contributed by atoms with Gasteiger partial charge in [-0.2, -0.15) is 5.10 Å². The molecular formula is C20H29N5O. The molecule has 1 amide bonds. The third-order valence-corrected chi connectivity index (χ3v) is 5.22. The zero-order valence-electron chi connectivity index (χ0n) is 15.8. The SMILES string of the molecule is CCN(CC)c1ccc(C(=O)N2CCCC[C@H]2CCn2cccn2)cn1. The quantitative estimate of drug-likeness (QED) is 0.765. The molecule has 6 nitrogen and oxygen atoms in total. The standard InChI is InChI=1S/C20H29N5O/c1-3-23(4-2)19-10-9-17(16-21-19)20(26)25-14-6-5-8-18(25)11-15-24-13-7-12-22-24/h7,9-10,12-13,16,18H,3-6,8,11,14-15H2,1-2H3/t18-/m0/s1. The molecule has 0 spiro atoms. The predicted octanol–water partition coefficient (Wildman–Crippen LogP) is 3.21. The van der Waals surface area contributed by atoms with Crippen LogP contribution in [-0.2, 0) is 6.54 Å². The maximum Gasteiger partial charge on any atom is 0.255 e. The fourth-order valence-electron chi connectivity index (χ4n) is 3.70. The smallest absolute Gasteiger partial charge is 0.255 e. The van der Waals surface area contributed by atoms with E-state index < -0.39 is 0 Å². The van der Waals surface area contributed by atoms with Crippen LogP contribution in [0.3, 0.4) is 0 Å². The second-order valence-electron chi connectivity index (χ2n) is 6.78. The summed E-state index contributed by atoms with van der Waals surface area (Å²) < 4.78 is 1.94. The Morgan fingerprint density at radius 2 is 2.12 bits per heavy atom. The highest BCUT2D eigenvalue weighted by Crippen LogP contribution is 2.23. The van der Waals surface area contributed by atoms with Gasteiger partial charge in [-0.05, 0) is 57.7 Å². The number of nitrogens with zero attached hydrogens (tertiary/aromatic N) is 5. The van der Waals surface area contributed by atoms with Gasteiger partial charge in [0.05, 0.1) is 5.56 Å². The van der Waals surface area contributed by atoms with Crippen LogP contribution >= 0.6 is 0 Å². The molecule has 140 valence electrons. The molecule has 1 saturated heterocycles. The number of aryl methyl sites for hydroxylation is 1. The zero-order chi connectivity index (χ0) is 18.4. The monoisotopic (exact) mass is 355 g/mol. The number of piperidine rings is 1. The summed E-state index contributed by atoms with van der Waals surface area (Å²) in [5, 5.41) is 4.27. The Hall–Kier alpha value is -2.37. The van der Waals surface area contributed by atoms with E-state index >= 15 is 0 Å². The van der Waals surface area contributed by atoms with E-state index in [-0.39, 0.29) is 11.9 Å². The lowest BCUT2D eigenvalue weighted by Crippen LogP contribution is -2.44. The lowest BCUT2D eigenvalue weighted by Gasteiger charge is -2.36. The van der Waals surface area contributed by atoms with Gasteiger partial charge in [0.15, 0.2) is 0 Å². The predicted molar refractivity (Wildman–Crippen MR) is 103 cm³/mol. The summed E-state index contributed by atoms with van der Waals surface area (Å²) in [6, 6.07) is 6.10. The summed E-state index contributed by atoms with van der Waals surface area (Å²) in [4.78, 5) is 21.8. The highest BCUT2D eigenvalue weighted by atomic mass is 16.2. The molecule has 0 aliphatic carbocycles. The molecule has 0 saturated carbocycles. The van der Waals surface area contributed by atoms with Gasteiger partial charge in [0.2, 0.25) is 0 Å². The van der Waals surface area contributed by atoms with E-state index in [9.17, 15) is 4.79 Å². The van der Waals surface area contributed by atoms with Crippen LogP contribution in [0.1, 0.15) is 49.9 Å². The molecule has 3 heterocycles. The van der Waals surface area contributed by atoms with Crippen molar-refractivity contribution in [3.8, 4) is 0 Å². The van der Waals surface area contributed by atoms with Crippen molar-refractivity contribution in [3.63, 3.8) is 0 Å². The fourth-order valence-corrected chi connectivity index (χ4v) is 3.70. The fraction of sp³-hybridized carbons (Fsp3) is 0.550. The van der Waals surface area contributed by atoms with E-state index in [1.54, 1.807) is 12.4 Å². The number of anilines is 1. The number of hydrogen-bond donors (Lipinski definition) is 0. The first-order chi connectivity index (χ1) is 12.7. The number of rotatable bonds is 7.